The number of hydrogen-bond acceptors (Lipinski definition) is 6. The van der Waals surface area contributed by atoms with Crippen molar-refractivity contribution in [2.45, 2.75) is 62.4 Å². The maximum absolute atomic E-state index is 13.7. The van der Waals surface area contributed by atoms with Gasteiger partial charge in [-0.25, -0.2) is 4.39 Å². The number of halogens is 2. The minimum Gasteiger partial charge on any atom is -0.389 e. The molecule has 7 nitrogen and oxygen atoms in total. The first kappa shape index (κ1) is 29.9. The number of pyridine rings is 1. The standard InChI is InChI=1S/C25H28ClFN4OS.C2H6.CH3NO/c1-31-24(28)22(14-3-6-21(27)20(26)9-14)23(30-31)15-7-16-10-25(32,11-17(16)8-15)12-18-4-5-19(33-2)13-29-18;1-2;2-1-3/h3-6,9,13,15-17,32H,7-8,10-12,28H2,1-2H3;1-2H3;1H,(H2,2,3). The molecule has 0 radical (unpaired) electrons. The summed E-state index contributed by atoms with van der Waals surface area (Å²) in [6, 6.07) is 8.80. The van der Waals surface area contributed by atoms with Gasteiger partial charge in [0.1, 0.15) is 11.6 Å². The Labute approximate surface area is 233 Å². The van der Waals surface area contributed by atoms with E-state index in [0.717, 1.165) is 53.1 Å². The van der Waals surface area contributed by atoms with Crippen LogP contribution in [0.3, 0.4) is 0 Å². The molecule has 2 unspecified atom stereocenters. The zero-order chi connectivity index (χ0) is 28.0. The molecular weight excluding hydrogens is 525 g/mol. The quantitative estimate of drug-likeness (QED) is 0.276. The molecule has 0 spiro atoms. The molecule has 2 fully saturated rings. The molecule has 2 saturated carbocycles. The Morgan fingerprint density at radius 3 is 2.39 bits per heavy atom. The minimum absolute atomic E-state index is 0.0780. The Balaban J connectivity index is 0.000000748. The van der Waals surface area contributed by atoms with Crippen molar-refractivity contribution >= 4 is 35.6 Å². The van der Waals surface area contributed by atoms with Crippen molar-refractivity contribution in [3.05, 3.63) is 58.8 Å². The molecule has 1 aromatic carbocycles. The number of benzene rings is 1. The third-order valence-electron chi connectivity index (χ3n) is 7.38. The summed E-state index contributed by atoms with van der Waals surface area (Å²) in [5.41, 5.74) is 13.4. The number of thioether (sulfide) groups is 1. The molecule has 0 bridgehead atoms. The van der Waals surface area contributed by atoms with Crippen LogP contribution in [0, 0.1) is 17.7 Å². The SMILES string of the molecule is CC.CSc1ccc(CC2(O)CC3CC(c4nn(C)c(N)c4-c4ccc(F)c(Cl)c4)CC3C2)nc1.NC=O. The van der Waals surface area contributed by atoms with Crippen molar-refractivity contribution in [1.82, 2.24) is 14.8 Å². The number of amides is 1. The molecule has 2 aliphatic rings. The molecule has 0 saturated heterocycles. The van der Waals surface area contributed by atoms with Gasteiger partial charge in [0.2, 0.25) is 6.41 Å². The summed E-state index contributed by atoms with van der Waals surface area (Å²) in [6.45, 7) is 4.00. The van der Waals surface area contributed by atoms with E-state index in [1.54, 1.807) is 28.6 Å². The monoisotopic (exact) mass is 561 g/mol. The number of nitrogens with zero attached hydrogens (tertiary/aromatic N) is 3. The van der Waals surface area contributed by atoms with Crippen molar-refractivity contribution in [1.29, 1.82) is 0 Å². The first-order valence-electron chi connectivity index (χ1n) is 12.8. The van der Waals surface area contributed by atoms with Crippen LogP contribution in [0.15, 0.2) is 41.4 Å². The van der Waals surface area contributed by atoms with Gasteiger partial charge in [0, 0.05) is 41.7 Å². The molecule has 2 atom stereocenters. The highest BCUT2D eigenvalue weighted by Crippen LogP contribution is 2.55. The predicted molar refractivity (Wildman–Crippen MR) is 152 cm³/mol. The Hall–Kier alpha value is -2.62. The number of hydrogen-bond donors (Lipinski definition) is 3. The number of anilines is 1. The van der Waals surface area contributed by atoms with Gasteiger partial charge in [0.25, 0.3) is 0 Å². The summed E-state index contributed by atoms with van der Waals surface area (Å²) in [7, 11) is 1.83. The van der Waals surface area contributed by atoms with Crippen molar-refractivity contribution in [2.24, 2.45) is 24.6 Å². The Bertz CT molecular complexity index is 1220. The number of fused-ring (bicyclic) bond motifs is 1. The molecule has 0 aliphatic heterocycles. The average molecular weight is 562 g/mol. The van der Waals surface area contributed by atoms with Crippen molar-refractivity contribution in [2.75, 3.05) is 12.0 Å². The second-order valence-electron chi connectivity index (χ2n) is 9.72. The molecule has 206 valence electrons. The van der Waals surface area contributed by atoms with Crippen LogP contribution in [0.5, 0.6) is 0 Å². The zero-order valence-electron chi connectivity index (χ0n) is 22.3. The van der Waals surface area contributed by atoms with Gasteiger partial charge in [0.15, 0.2) is 0 Å². The van der Waals surface area contributed by atoms with Gasteiger partial charge >= 0.3 is 0 Å². The van der Waals surface area contributed by atoms with Crippen LogP contribution in [0.1, 0.15) is 56.8 Å². The van der Waals surface area contributed by atoms with E-state index in [4.69, 9.17) is 27.2 Å². The van der Waals surface area contributed by atoms with E-state index in [2.05, 4.69) is 16.8 Å². The summed E-state index contributed by atoms with van der Waals surface area (Å²) in [5.74, 6) is 1.25. The second-order valence-corrected chi connectivity index (χ2v) is 11.0. The molecule has 38 heavy (non-hydrogen) atoms. The first-order valence-corrected chi connectivity index (χ1v) is 14.4. The van der Waals surface area contributed by atoms with Crippen LogP contribution in [0.25, 0.3) is 11.1 Å². The Morgan fingerprint density at radius 2 is 1.87 bits per heavy atom. The molecular formula is C28H37ClFN5O2S. The fraction of sp³-hybridized carbons (Fsp3) is 0.464. The average Bonchev–Trinajstić information content (AvgIpc) is 3.52. The van der Waals surface area contributed by atoms with Gasteiger partial charge in [-0.15, -0.1) is 11.8 Å². The Kier molecular flexibility index (Phi) is 10.2. The third-order valence-corrected chi connectivity index (χ3v) is 8.39. The normalized spacial score (nSPS) is 23.6. The number of nitrogen functional groups attached to an aromatic ring is 1. The number of carbonyl (C=O) groups excluding carboxylic acids is 1. The van der Waals surface area contributed by atoms with Crippen LogP contribution in [-0.2, 0) is 18.3 Å². The highest BCUT2D eigenvalue weighted by molar-refractivity contribution is 7.98. The lowest BCUT2D eigenvalue weighted by molar-refractivity contribution is -0.106. The lowest BCUT2D eigenvalue weighted by atomic mass is 9.88. The van der Waals surface area contributed by atoms with Gasteiger partial charge in [-0.1, -0.05) is 31.5 Å². The third kappa shape index (κ3) is 6.50. The molecule has 2 aliphatic carbocycles. The van der Waals surface area contributed by atoms with Gasteiger partial charge < -0.3 is 16.6 Å². The Morgan fingerprint density at radius 1 is 1.24 bits per heavy atom. The number of carbonyl (C=O) groups is 1. The van der Waals surface area contributed by atoms with E-state index in [1.807, 2.05) is 39.4 Å². The molecule has 3 aromatic rings. The number of aromatic nitrogens is 3. The maximum Gasteiger partial charge on any atom is 0.204 e. The fourth-order valence-corrected chi connectivity index (χ4v) is 6.45. The number of nitrogens with two attached hydrogens (primary N) is 2. The molecule has 1 amide bonds. The van der Waals surface area contributed by atoms with E-state index in [0.29, 0.717) is 24.1 Å². The molecule has 10 heteroatoms. The second kappa shape index (κ2) is 13.0. The zero-order valence-corrected chi connectivity index (χ0v) is 23.9. The van der Waals surface area contributed by atoms with Crippen LogP contribution in [-0.4, -0.2) is 38.1 Å². The van der Waals surface area contributed by atoms with Crippen LogP contribution >= 0.6 is 23.4 Å². The number of rotatable bonds is 5. The van der Waals surface area contributed by atoms with Crippen LogP contribution in [0.4, 0.5) is 10.2 Å². The van der Waals surface area contributed by atoms with Gasteiger partial charge in [-0.3, -0.25) is 14.5 Å². The van der Waals surface area contributed by atoms with Crippen molar-refractivity contribution in [3.63, 3.8) is 0 Å². The van der Waals surface area contributed by atoms with Crippen molar-refractivity contribution < 1.29 is 14.3 Å². The summed E-state index contributed by atoms with van der Waals surface area (Å²) in [5, 5.41) is 16.2. The number of aliphatic hydroxyl groups is 1. The smallest absolute Gasteiger partial charge is 0.204 e. The largest absolute Gasteiger partial charge is 0.389 e. The summed E-state index contributed by atoms with van der Waals surface area (Å²) >= 11 is 7.72. The van der Waals surface area contributed by atoms with Gasteiger partial charge in [0.05, 0.1) is 16.3 Å². The number of aryl methyl sites for hydroxylation is 1. The first-order chi connectivity index (χ1) is 18.2. The van der Waals surface area contributed by atoms with Gasteiger partial charge in [-0.05, 0) is 73.6 Å². The summed E-state index contributed by atoms with van der Waals surface area (Å²) in [6.07, 6.45) is 8.23. The van der Waals surface area contributed by atoms with E-state index in [-0.39, 0.29) is 17.4 Å². The summed E-state index contributed by atoms with van der Waals surface area (Å²) in [4.78, 5) is 14.3. The molecule has 2 heterocycles. The van der Waals surface area contributed by atoms with E-state index < -0.39 is 11.4 Å². The van der Waals surface area contributed by atoms with Gasteiger partial charge in [-0.2, -0.15) is 5.10 Å². The minimum atomic E-state index is -0.704. The molecule has 5 N–H and O–H groups in total. The van der Waals surface area contributed by atoms with Crippen LogP contribution in [0.2, 0.25) is 5.02 Å². The molecule has 2 aromatic heterocycles. The highest BCUT2D eigenvalue weighted by Gasteiger charge is 2.49. The van der Waals surface area contributed by atoms with E-state index in [9.17, 15) is 9.50 Å². The maximum atomic E-state index is 13.7. The summed E-state index contributed by atoms with van der Waals surface area (Å²) < 4.78 is 15.4. The lowest BCUT2D eigenvalue weighted by Crippen LogP contribution is -2.29. The van der Waals surface area contributed by atoms with E-state index >= 15 is 0 Å². The molecule has 5 rings (SSSR count). The van der Waals surface area contributed by atoms with E-state index in [1.165, 1.54) is 6.07 Å². The van der Waals surface area contributed by atoms with Crippen LogP contribution < -0.4 is 11.5 Å². The fourth-order valence-electron chi connectivity index (χ4n) is 5.90. The van der Waals surface area contributed by atoms with Crippen molar-refractivity contribution in [3.8, 4) is 11.1 Å². The number of primary amides is 1. The highest BCUT2D eigenvalue weighted by atomic mass is 35.5. The lowest BCUT2D eigenvalue weighted by Gasteiger charge is -2.24. The predicted octanol–water partition coefficient (Wildman–Crippen LogP) is 5.58. The topological polar surface area (TPSA) is 120 Å².